The first kappa shape index (κ1) is 19.9. The van der Waals surface area contributed by atoms with Crippen LogP contribution in [0, 0.1) is 11.2 Å². The van der Waals surface area contributed by atoms with E-state index in [1.807, 2.05) is 5.38 Å². The third-order valence-corrected chi connectivity index (χ3v) is 5.88. The van der Waals surface area contributed by atoms with Crippen LogP contribution in [0.2, 0.25) is 0 Å². The quantitative estimate of drug-likeness (QED) is 0.726. The number of nitrogens with one attached hydrogen (secondary N) is 2. The molecule has 2 aromatic rings. The van der Waals surface area contributed by atoms with Gasteiger partial charge in [0.05, 0.1) is 23.7 Å². The molecule has 27 heavy (non-hydrogen) atoms. The Labute approximate surface area is 163 Å². The molecule has 1 aliphatic rings. The lowest BCUT2D eigenvalue weighted by atomic mass is 9.79. The Hall–Kier alpha value is -1.83. The number of hydrogen-bond donors (Lipinski definition) is 2. The van der Waals surface area contributed by atoms with Crippen LogP contribution >= 0.6 is 11.3 Å². The van der Waals surface area contributed by atoms with Crippen molar-refractivity contribution in [1.29, 1.82) is 0 Å². The fourth-order valence-corrected chi connectivity index (χ4v) is 4.26. The van der Waals surface area contributed by atoms with Crippen molar-refractivity contribution in [2.45, 2.75) is 25.7 Å². The molecule has 2 N–H and O–H groups in total. The maximum absolute atomic E-state index is 13.0. The highest BCUT2D eigenvalue weighted by atomic mass is 32.1. The summed E-state index contributed by atoms with van der Waals surface area (Å²) in [6.45, 7) is 3.21. The smallest absolute Gasteiger partial charge is 0.226 e. The van der Waals surface area contributed by atoms with E-state index < -0.39 is 0 Å². The van der Waals surface area contributed by atoms with E-state index in [4.69, 9.17) is 4.74 Å². The molecule has 0 radical (unpaired) electrons. The maximum Gasteiger partial charge on any atom is 0.226 e. The third kappa shape index (κ3) is 5.82. The van der Waals surface area contributed by atoms with Crippen molar-refractivity contribution in [3.05, 3.63) is 51.7 Å². The number of nitrogens with zero attached hydrogens (tertiary/aromatic N) is 1. The number of amides is 1. The molecule has 5 nitrogen and oxygen atoms in total. The normalized spacial score (nSPS) is 16.2. The SMILES string of the molecule is COCC1(CNC(=O)Cc2csc(Cc3ccc(F)cc3)n2)CCNCC1. The lowest BCUT2D eigenvalue weighted by molar-refractivity contribution is -0.121. The molecule has 146 valence electrons. The number of halogens is 1. The van der Waals surface area contributed by atoms with Crippen LogP contribution in [0.4, 0.5) is 4.39 Å². The van der Waals surface area contributed by atoms with Crippen LogP contribution in [0.25, 0.3) is 0 Å². The molecule has 0 spiro atoms. The van der Waals surface area contributed by atoms with Crippen molar-refractivity contribution < 1.29 is 13.9 Å². The Morgan fingerprint density at radius 2 is 2.07 bits per heavy atom. The molecule has 7 heteroatoms. The molecule has 3 rings (SSSR count). The highest BCUT2D eigenvalue weighted by Crippen LogP contribution is 2.28. The van der Waals surface area contributed by atoms with Crippen molar-refractivity contribution in [1.82, 2.24) is 15.6 Å². The fraction of sp³-hybridized carbons (Fsp3) is 0.500. The Morgan fingerprint density at radius 3 is 2.78 bits per heavy atom. The van der Waals surface area contributed by atoms with Crippen LogP contribution < -0.4 is 10.6 Å². The Kier molecular flexibility index (Phi) is 6.93. The minimum Gasteiger partial charge on any atom is -0.384 e. The van der Waals surface area contributed by atoms with Gasteiger partial charge in [-0.15, -0.1) is 11.3 Å². The Bertz CT molecular complexity index is 736. The third-order valence-electron chi connectivity index (χ3n) is 4.98. The zero-order valence-electron chi connectivity index (χ0n) is 15.6. The second-order valence-corrected chi connectivity index (χ2v) is 8.11. The summed E-state index contributed by atoms with van der Waals surface area (Å²) in [5, 5.41) is 9.28. The summed E-state index contributed by atoms with van der Waals surface area (Å²) in [5.74, 6) is -0.252. The zero-order chi connectivity index (χ0) is 19.1. The molecule has 0 saturated carbocycles. The van der Waals surface area contributed by atoms with Crippen LogP contribution in [0.1, 0.15) is 29.1 Å². The lowest BCUT2D eigenvalue weighted by Crippen LogP contribution is -2.47. The number of methoxy groups -OCH3 is 1. The van der Waals surface area contributed by atoms with Crippen LogP contribution in [0.3, 0.4) is 0 Å². The van der Waals surface area contributed by atoms with E-state index in [2.05, 4.69) is 15.6 Å². The molecule has 1 aromatic carbocycles. The highest BCUT2D eigenvalue weighted by molar-refractivity contribution is 7.09. The van der Waals surface area contributed by atoms with Crippen molar-refractivity contribution in [2.75, 3.05) is 33.4 Å². The standard InChI is InChI=1S/C20H26FN3O2S/c1-26-14-20(6-8-22-9-7-20)13-23-18(25)11-17-12-27-19(24-17)10-15-2-4-16(21)5-3-15/h2-5,12,22H,6-11,13-14H2,1H3,(H,23,25). The summed E-state index contributed by atoms with van der Waals surface area (Å²) < 4.78 is 18.4. The van der Waals surface area contributed by atoms with Crippen molar-refractivity contribution in [2.24, 2.45) is 5.41 Å². The van der Waals surface area contributed by atoms with Gasteiger partial charge in [0, 0.05) is 30.9 Å². The van der Waals surface area contributed by atoms with Gasteiger partial charge in [-0.25, -0.2) is 9.37 Å². The van der Waals surface area contributed by atoms with Gasteiger partial charge >= 0.3 is 0 Å². The minimum atomic E-state index is -0.241. The number of hydrogen-bond acceptors (Lipinski definition) is 5. The van der Waals surface area contributed by atoms with E-state index in [0.717, 1.165) is 42.2 Å². The Balaban J connectivity index is 1.50. The van der Waals surface area contributed by atoms with Gasteiger partial charge in [0.1, 0.15) is 5.82 Å². The summed E-state index contributed by atoms with van der Waals surface area (Å²) in [4.78, 5) is 16.9. The van der Waals surface area contributed by atoms with E-state index in [0.29, 0.717) is 19.6 Å². The fourth-order valence-electron chi connectivity index (χ4n) is 3.44. The zero-order valence-corrected chi connectivity index (χ0v) is 16.4. The van der Waals surface area contributed by atoms with Gasteiger partial charge in [-0.3, -0.25) is 4.79 Å². The number of benzene rings is 1. The van der Waals surface area contributed by atoms with Crippen LogP contribution in [-0.4, -0.2) is 44.2 Å². The number of carbonyl (C=O) groups is 1. The monoisotopic (exact) mass is 391 g/mol. The predicted octanol–water partition coefficient (Wildman–Crippen LogP) is 2.55. The number of aromatic nitrogens is 1. The Morgan fingerprint density at radius 1 is 1.33 bits per heavy atom. The highest BCUT2D eigenvalue weighted by Gasteiger charge is 2.32. The summed E-state index contributed by atoms with van der Waals surface area (Å²) in [6, 6.07) is 6.43. The van der Waals surface area contributed by atoms with Gasteiger partial charge in [0.25, 0.3) is 0 Å². The van der Waals surface area contributed by atoms with Crippen molar-refractivity contribution in [3.63, 3.8) is 0 Å². The van der Waals surface area contributed by atoms with Crippen LogP contribution in [-0.2, 0) is 22.4 Å². The molecule has 0 bridgehead atoms. The molecule has 2 heterocycles. The number of piperidine rings is 1. The lowest BCUT2D eigenvalue weighted by Gasteiger charge is -2.37. The summed E-state index contributed by atoms with van der Waals surface area (Å²) in [7, 11) is 1.71. The van der Waals surface area contributed by atoms with E-state index in [1.165, 1.54) is 23.5 Å². The van der Waals surface area contributed by atoms with E-state index in [1.54, 1.807) is 19.2 Å². The summed E-state index contributed by atoms with van der Waals surface area (Å²) >= 11 is 1.53. The topological polar surface area (TPSA) is 63.2 Å². The first-order valence-electron chi connectivity index (χ1n) is 9.23. The number of ether oxygens (including phenoxy) is 1. The van der Waals surface area contributed by atoms with E-state index in [-0.39, 0.29) is 23.6 Å². The first-order valence-corrected chi connectivity index (χ1v) is 10.1. The molecule has 0 atom stereocenters. The van der Waals surface area contributed by atoms with Crippen LogP contribution in [0.5, 0.6) is 0 Å². The van der Waals surface area contributed by atoms with Crippen molar-refractivity contribution in [3.8, 4) is 0 Å². The molecule has 1 amide bonds. The molecule has 1 saturated heterocycles. The second-order valence-electron chi connectivity index (χ2n) is 7.17. The molecule has 0 unspecified atom stereocenters. The minimum absolute atomic E-state index is 0.0114. The maximum atomic E-state index is 13.0. The largest absolute Gasteiger partial charge is 0.384 e. The molecule has 1 fully saturated rings. The molecule has 1 aliphatic heterocycles. The number of carbonyl (C=O) groups excluding carboxylic acids is 1. The number of thiazole rings is 1. The summed E-state index contributed by atoms with van der Waals surface area (Å²) in [6.07, 6.45) is 2.93. The summed E-state index contributed by atoms with van der Waals surface area (Å²) in [5.41, 5.74) is 1.81. The van der Waals surface area contributed by atoms with Gasteiger partial charge in [-0.05, 0) is 43.6 Å². The van der Waals surface area contributed by atoms with Crippen molar-refractivity contribution >= 4 is 17.2 Å². The van der Waals surface area contributed by atoms with E-state index >= 15 is 0 Å². The second kappa shape index (κ2) is 9.39. The first-order chi connectivity index (χ1) is 13.1. The molecule has 1 aromatic heterocycles. The van der Waals surface area contributed by atoms with Gasteiger partial charge in [0.15, 0.2) is 0 Å². The average molecular weight is 392 g/mol. The molecule has 0 aliphatic carbocycles. The molecular weight excluding hydrogens is 365 g/mol. The molecular formula is C20H26FN3O2S. The van der Waals surface area contributed by atoms with Crippen LogP contribution in [0.15, 0.2) is 29.6 Å². The van der Waals surface area contributed by atoms with Gasteiger partial charge in [0.2, 0.25) is 5.91 Å². The van der Waals surface area contributed by atoms with E-state index in [9.17, 15) is 9.18 Å². The van der Waals surface area contributed by atoms with Gasteiger partial charge < -0.3 is 15.4 Å². The van der Waals surface area contributed by atoms with Gasteiger partial charge in [-0.1, -0.05) is 12.1 Å². The number of rotatable bonds is 8. The van der Waals surface area contributed by atoms with Gasteiger partial charge in [-0.2, -0.15) is 0 Å². The predicted molar refractivity (Wildman–Crippen MR) is 104 cm³/mol. The average Bonchev–Trinajstić information content (AvgIpc) is 3.10.